The van der Waals surface area contributed by atoms with Gasteiger partial charge in [-0.2, -0.15) is 0 Å². The summed E-state index contributed by atoms with van der Waals surface area (Å²) in [6.45, 7) is 0.214. The monoisotopic (exact) mass is 597 g/mol. The molecule has 5 heteroatoms. The first-order chi connectivity index (χ1) is 23.1. The fourth-order valence-corrected chi connectivity index (χ4v) is 8.97. The quantitative estimate of drug-likeness (QED) is 0.258. The largest absolute Gasteiger partial charge is 0.508 e. The van der Waals surface area contributed by atoms with Gasteiger partial charge >= 0.3 is 0 Å². The molecule has 0 unspecified atom stereocenters. The van der Waals surface area contributed by atoms with E-state index in [1.807, 2.05) is 24.3 Å². The standard InChI is InChI=1S/C42H25B2NO2/c46-28-16-12-24(13-17-28)26-20-33-31-7-2-4-10-35(31)44-37-22-27(25-14-18-29(47)19-15-25)21-36-42(37)45(39(23-26)41(33)44)38-11-5-8-32-30-6-1-3-9-34(30)43(36)40(32)38/h1-23,46-47H. The smallest absolute Gasteiger partial charge is 0.248 e. The Morgan fingerprint density at radius 2 is 0.894 bits per heavy atom. The Bertz CT molecular complexity index is 2490. The molecule has 0 fully saturated rings. The Balaban J connectivity index is 1.29. The van der Waals surface area contributed by atoms with Crippen LogP contribution in [0.15, 0.2) is 140 Å². The van der Waals surface area contributed by atoms with Crippen molar-refractivity contribution in [3.05, 3.63) is 140 Å². The molecular weight excluding hydrogens is 572 g/mol. The van der Waals surface area contributed by atoms with Gasteiger partial charge in [-0.1, -0.05) is 108 Å². The summed E-state index contributed by atoms with van der Waals surface area (Å²) in [5, 5.41) is 20.2. The highest BCUT2D eigenvalue weighted by atomic mass is 16.3. The fraction of sp³-hybridized carbons (Fsp3) is 0. The Morgan fingerprint density at radius 1 is 0.383 bits per heavy atom. The van der Waals surface area contributed by atoms with Crippen molar-refractivity contribution >= 4 is 63.3 Å². The van der Waals surface area contributed by atoms with E-state index in [1.165, 1.54) is 77.7 Å². The molecule has 0 aromatic heterocycles. The van der Waals surface area contributed by atoms with Gasteiger partial charge in [0.1, 0.15) is 11.5 Å². The highest BCUT2D eigenvalue weighted by Gasteiger charge is 2.49. The number of phenols is 2. The number of hydrogen-bond donors (Lipinski definition) is 2. The predicted octanol–water partition coefficient (Wildman–Crippen LogP) is 5.52. The molecule has 7 aromatic carbocycles. The average Bonchev–Trinajstić information content (AvgIpc) is 3.63. The number of aromatic hydroxyl groups is 2. The maximum atomic E-state index is 10.2. The summed E-state index contributed by atoms with van der Waals surface area (Å²) in [5.74, 6) is 0.543. The predicted molar refractivity (Wildman–Crippen MR) is 196 cm³/mol. The highest BCUT2D eigenvalue weighted by Crippen LogP contribution is 2.46. The molecule has 4 aliphatic rings. The van der Waals surface area contributed by atoms with E-state index in [-0.39, 0.29) is 24.9 Å². The van der Waals surface area contributed by atoms with Crippen LogP contribution in [0.3, 0.4) is 0 Å². The van der Waals surface area contributed by atoms with Crippen LogP contribution in [0.25, 0.3) is 44.5 Å². The van der Waals surface area contributed by atoms with Crippen molar-refractivity contribution in [2.24, 2.45) is 0 Å². The van der Waals surface area contributed by atoms with Gasteiger partial charge in [0.15, 0.2) is 0 Å². The third kappa shape index (κ3) is 3.23. The van der Waals surface area contributed by atoms with E-state index in [1.54, 1.807) is 24.3 Å². The number of rotatable bonds is 2. The minimum atomic E-state index is 0.0912. The average molecular weight is 597 g/mol. The van der Waals surface area contributed by atoms with E-state index >= 15 is 0 Å². The van der Waals surface area contributed by atoms with Crippen molar-refractivity contribution in [1.29, 1.82) is 0 Å². The van der Waals surface area contributed by atoms with Crippen LogP contribution in [0.1, 0.15) is 0 Å². The Labute approximate surface area is 273 Å². The van der Waals surface area contributed by atoms with Crippen LogP contribution in [0.4, 0.5) is 17.1 Å². The zero-order valence-corrected chi connectivity index (χ0v) is 25.3. The van der Waals surface area contributed by atoms with Crippen LogP contribution in [0, 0.1) is 0 Å². The molecule has 0 aliphatic carbocycles. The number of nitrogens with zero attached hydrogens (tertiary/aromatic N) is 1. The van der Waals surface area contributed by atoms with Crippen LogP contribution in [0.5, 0.6) is 11.5 Å². The number of phenolic OH excluding ortho intramolecular Hbond substituents is 2. The summed E-state index contributed by atoms with van der Waals surface area (Å²) in [4.78, 5) is 2.55. The molecule has 216 valence electrons. The molecule has 0 spiro atoms. The lowest BCUT2D eigenvalue weighted by molar-refractivity contribution is 0.475. The molecule has 11 rings (SSSR count). The minimum Gasteiger partial charge on any atom is -0.508 e. The first-order valence-electron chi connectivity index (χ1n) is 16.2. The first-order valence-corrected chi connectivity index (χ1v) is 16.2. The zero-order valence-electron chi connectivity index (χ0n) is 25.3. The molecular formula is C42H25B2NO2. The topological polar surface area (TPSA) is 43.7 Å². The molecule has 0 amide bonds. The second kappa shape index (κ2) is 8.86. The summed E-state index contributed by atoms with van der Waals surface area (Å²) >= 11 is 0. The van der Waals surface area contributed by atoms with Crippen molar-refractivity contribution < 1.29 is 10.2 Å². The molecule has 7 aromatic rings. The van der Waals surface area contributed by atoms with Gasteiger partial charge in [0.25, 0.3) is 0 Å². The lowest BCUT2D eigenvalue weighted by atomic mass is 9.32. The summed E-state index contributed by atoms with van der Waals surface area (Å²) in [6, 6.07) is 49.3. The van der Waals surface area contributed by atoms with Crippen molar-refractivity contribution in [3.8, 4) is 56.0 Å². The number of anilines is 3. The van der Waals surface area contributed by atoms with Crippen molar-refractivity contribution in [3.63, 3.8) is 0 Å². The second-order valence-electron chi connectivity index (χ2n) is 13.2. The fourth-order valence-electron chi connectivity index (χ4n) is 8.97. The Hall–Kier alpha value is -5.93. The third-order valence-corrected chi connectivity index (χ3v) is 10.8. The van der Waals surface area contributed by atoms with Gasteiger partial charge in [0.2, 0.25) is 13.4 Å². The summed E-state index contributed by atoms with van der Waals surface area (Å²) in [5.41, 5.74) is 21.4. The van der Waals surface area contributed by atoms with Crippen molar-refractivity contribution in [2.75, 3.05) is 4.90 Å². The zero-order chi connectivity index (χ0) is 31.0. The minimum absolute atomic E-state index is 0.0912. The van der Waals surface area contributed by atoms with E-state index in [9.17, 15) is 10.2 Å². The molecule has 47 heavy (non-hydrogen) atoms. The van der Waals surface area contributed by atoms with Crippen molar-refractivity contribution in [2.45, 2.75) is 0 Å². The summed E-state index contributed by atoms with van der Waals surface area (Å²) in [6.07, 6.45) is 0. The Kier molecular flexibility index (Phi) is 4.77. The van der Waals surface area contributed by atoms with Crippen molar-refractivity contribution in [1.82, 2.24) is 0 Å². The first kappa shape index (κ1) is 25.3. The van der Waals surface area contributed by atoms with Gasteiger partial charge in [-0.05, 0) is 109 Å². The van der Waals surface area contributed by atoms with Gasteiger partial charge < -0.3 is 15.1 Å². The Morgan fingerprint density at radius 3 is 1.51 bits per heavy atom. The van der Waals surface area contributed by atoms with E-state index in [0.29, 0.717) is 0 Å². The molecule has 4 heterocycles. The molecule has 0 saturated heterocycles. The van der Waals surface area contributed by atoms with E-state index in [0.717, 1.165) is 16.7 Å². The molecule has 0 atom stereocenters. The summed E-state index contributed by atoms with van der Waals surface area (Å²) in [7, 11) is 0. The molecule has 2 N–H and O–H groups in total. The van der Waals surface area contributed by atoms with Crippen LogP contribution < -0.4 is 37.7 Å². The van der Waals surface area contributed by atoms with E-state index < -0.39 is 0 Å². The van der Waals surface area contributed by atoms with Crippen LogP contribution in [-0.4, -0.2) is 23.6 Å². The maximum absolute atomic E-state index is 10.2. The van der Waals surface area contributed by atoms with E-state index in [2.05, 4.69) is 95.9 Å². The van der Waals surface area contributed by atoms with E-state index in [4.69, 9.17) is 0 Å². The highest BCUT2D eigenvalue weighted by molar-refractivity contribution is 7.05. The number of fused-ring (bicyclic) bond motifs is 10. The number of hydrogen-bond acceptors (Lipinski definition) is 3. The SMILES string of the molecule is Oc1ccc(-c2cc3c4c(c2)B2c5ccccc5-c5cc(-c6ccc(O)cc6)cc(c52)N4c2cccc4c2B3c2ccccc2-4)cc1. The third-order valence-electron chi connectivity index (χ3n) is 10.8. The molecule has 0 saturated carbocycles. The second-order valence-corrected chi connectivity index (χ2v) is 13.2. The molecule has 0 bridgehead atoms. The molecule has 4 aliphatic heterocycles. The maximum Gasteiger partial charge on any atom is 0.248 e. The number of benzene rings is 7. The van der Waals surface area contributed by atoms with Gasteiger partial charge in [0, 0.05) is 17.1 Å². The van der Waals surface area contributed by atoms with Gasteiger partial charge in [0.05, 0.1) is 0 Å². The van der Waals surface area contributed by atoms with Gasteiger partial charge in [-0.25, -0.2) is 0 Å². The lowest BCUT2D eigenvalue weighted by Crippen LogP contribution is -2.63. The van der Waals surface area contributed by atoms with Crippen LogP contribution in [-0.2, 0) is 0 Å². The van der Waals surface area contributed by atoms with Crippen LogP contribution in [0.2, 0.25) is 0 Å². The van der Waals surface area contributed by atoms with Crippen LogP contribution >= 0.6 is 0 Å². The lowest BCUT2D eigenvalue weighted by Gasteiger charge is -2.43. The van der Waals surface area contributed by atoms with Gasteiger partial charge in [-0.3, -0.25) is 0 Å². The molecule has 0 radical (unpaired) electrons. The van der Waals surface area contributed by atoms with Gasteiger partial charge in [-0.15, -0.1) is 0 Å². The summed E-state index contributed by atoms with van der Waals surface area (Å²) < 4.78 is 0. The normalized spacial score (nSPS) is 13.6. The molecule has 3 nitrogen and oxygen atoms in total.